The third-order valence-corrected chi connectivity index (χ3v) is 10.2. The van der Waals surface area contributed by atoms with Crippen molar-refractivity contribution in [3.05, 3.63) is 164 Å². The number of allylic oxidation sites excluding steroid dienone is 4. The van der Waals surface area contributed by atoms with Gasteiger partial charge in [0.1, 0.15) is 11.0 Å². The molecule has 8 nitrogen and oxygen atoms in total. The molecule has 0 aliphatic heterocycles. The minimum Gasteiger partial charge on any atom is -0.436 e. The van der Waals surface area contributed by atoms with Crippen LogP contribution in [0.3, 0.4) is 0 Å². The zero-order chi connectivity index (χ0) is 36.3. The van der Waals surface area contributed by atoms with Gasteiger partial charge in [-0.15, -0.1) is 0 Å². The lowest BCUT2D eigenvalue weighted by molar-refractivity contribution is 0.574. The van der Waals surface area contributed by atoms with Gasteiger partial charge in [-0.3, -0.25) is 4.57 Å². The Labute approximate surface area is 314 Å². The van der Waals surface area contributed by atoms with Gasteiger partial charge in [0.15, 0.2) is 28.6 Å². The Morgan fingerprint density at radius 3 is 2.07 bits per heavy atom. The van der Waals surface area contributed by atoms with E-state index in [1.165, 1.54) is 0 Å². The smallest absolute Gasteiger partial charge is 0.307 e. The topological polar surface area (TPSA) is 95.7 Å². The quantitative estimate of drug-likeness (QED) is 0.169. The Hall–Kier alpha value is -7.45. The molecule has 0 atom stereocenters. The average molecular weight is 711 g/mol. The molecule has 11 rings (SSSR count). The van der Waals surface area contributed by atoms with Gasteiger partial charge in [-0.2, -0.15) is 4.98 Å². The number of rotatable bonds is 6. The largest absolute Gasteiger partial charge is 0.436 e. The van der Waals surface area contributed by atoms with Gasteiger partial charge < -0.3 is 8.83 Å². The summed E-state index contributed by atoms with van der Waals surface area (Å²) in [6.07, 6.45) is 8.42. The Morgan fingerprint density at radius 1 is 0.455 bits per heavy atom. The van der Waals surface area contributed by atoms with Crippen LogP contribution < -0.4 is 0 Å². The van der Waals surface area contributed by atoms with Gasteiger partial charge in [0, 0.05) is 33.0 Å². The fraction of sp³-hybridized carbons (Fsp3) is 0.0426. The molecule has 4 heterocycles. The van der Waals surface area contributed by atoms with E-state index in [4.69, 9.17) is 33.8 Å². The number of hydrogen-bond donors (Lipinski definition) is 0. The van der Waals surface area contributed by atoms with Crippen molar-refractivity contribution in [2.45, 2.75) is 12.8 Å². The summed E-state index contributed by atoms with van der Waals surface area (Å²) >= 11 is 0. The van der Waals surface area contributed by atoms with E-state index in [-0.39, 0.29) is 0 Å². The maximum atomic E-state index is 6.45. The zero-order valence-corrected chi connectivity index (χ0v) is 29.4. The first-order chi connectivity index (χ1) is 27.2. The molecule has 1 aliphatic rings. The molecule has 0 amide bonds. The molecule has 0 N–H and O–H groups in total. The van der Waals surface area contributed by atoms with Crippen LogP contribution in [0.2, 0.25) is 0 Å². The summed E-state index contributed by atoms with van der Waals surface area (Å²) < 4.78 is 14.8. The second kappa shape index (κ2) is 12.6. The van der Waals surface area contributed by atoms with Crippen molar-refractivity contribution in [2.75, 3.05) is 0 Å². The molecule has 0 unspecified atom stereocenters. The normalized spacial score (nSPS) is 13.0. The van der Waals surface area contributed by atoms with Crippen molar-refractivity contribution < 1.29 is 8.83 Å². The number of para-hydroxylation sites is 3. The molecule has 4 aromatic heterocycles. The fourth-order valence-electron chi connectivity index (χ4n) is 7.46. The number of benzene rings is 6. The maximum Gasteiger partial charge on any atom is 0.307 e. The van der Waals surface area contributed by atoms with Crippen LogP contribution in [0.4, 0.5) is 0 Å². The van der Waals surface area contributed by atoms with Crippen LogP contribution in [0.25, 0.3) is 101 Å². The second-order valence-electron chi connectivity index (χ2n) is 13.6. The highest BCUT2D eigenvalue weighted by Crippen LogP contribution is 2.37. The fourth-order valence-corrected chi connectivity index (χ4v) is 7.46. The summed E-state index contributed by atoms with van der Waals surface area (Å²) in [7, 11) is 0. The minimum absolute atomic E-state index is 0.543. The van der Waals surface area contributed by atoms with Crippen molar-refractivity contribution in [3.63, 3.8) is 0 Å². The van der Waals surface area contributed by atoms with Gasteiger partial charge in [0.2, 0.25) is 5.89 Å². The number of nitrogens with zero attached hydrogens (tertiary/aromatic N) is 6. The molecule has 260 valence electrons. The standard InChI is InChI=1S/C47H30N6O2/c1-3-12-29(13-4-1)43-50-44(30-14-5-2-6-15-30)52-45(51-43)33-22-24-38-42(28-33)54-46(48-38)34-17-11-16-31(26-34)32-23-25-40-36(27-32)35-18-7-9-20-39(35)53(40)47-49-37-19-8-10-21-41(37)55-47/h1,3-5,7-28H,2,6H2. The molecule has 10 aromatic rings. The van der Waals surface area contributed by atoms with Gasteiger partial charge in [-0.25, -0.2) is 19.9 Å². The van der Waals surface area contributed by atoms with Crippen molar-refractivity contribution in [3.8, 4) is 51.4 Å². The van der Waals surface area contributed by atoms with Gasteiger partial charge >= 0.3 is 6.01 Å². The van der Waals surface area contributed by atoms with Crippen LogP contribution in [-0.4, -0.2) is 29.5 Å². The van der Waals surface area contributed by atoms with E-state index in [1.54, 1.807) is 0 Å². The number of aromatic nitrogens is 6. The summed E-state index contributed by atoms with van der Waals surface area (Å²) in [5.41, 5.74) is 10.8. The van der Waals surface area contributed by atoms with Crippen LogP contribution in [0, 0.1) is 0 Å². The third-order valence-electron chi connectivity index (χ3n) is 10.2. The van der Waals surface area contributed by atoms with Crippen LogP contribution in [0.5, 0.6) is 0 Å². The molecule has 1 aliphatic carbocycles. The molecule has 0 bridgehead atoms. The van der Waals surface area contributed by atoms with E-state index < -0.39 is 0 Å². The van der Waals surface area contributed by atoms with Crippen molar-refractivity contribution >= 4 is 49.6 Å². The Kier molecular flexibility index (Phi) is 7.13. The SMILES string of the molecule is C1=CC(c2nc(-c3ccccc3)nc(-c3ccc4nc(-c5cccc(-c6ccc7c(c6)c6ccccc6n7-c6nc7ccccc7o6)c5)oc4c3)n2)=CCC1. The first-order valence-corrected chi connectivity index (χ1v) is 18.3. The maximum absolute atomic E-state index is 6.45. The molecule has 0 saturated carbocycles. The van der Waals surface area contributed by atoms with Crippen LogP contribution >= 0.6 is 0 Å². The zero-order valence-electron chi connectivity index (χ0n) is 29.4. The summed E-state index contributed by atoms with van der Waals surface area (Å²) in [6.45, 7) is 0. The predicted molar refractivity (Wildman–Crippen MR) is 217 cm³/mol. The molecule has 0 spiro atoms. The van der Waals surface area contributed by atoms with E-state index in [0.717, 1.165) is 84.7 Å². The molecule has 0 fully saturated rings. The van der Waals surface area contributed by atoms with Crippen molar-refractivity contribution in [1.29, 1.82) is 0 Å². The van der Waals surface area contributed by atoms with E-state index in [0.29, 0.717) is 35.0 Å². The molecule has 0 radical (unpaired) electrons. The van der Waals surface area contributed by atoms with Gasteiger partial charge in [-0.05, 0) is 84.6 Å². The third kappa shape index (κ3) is 5.42. The minimum atomic E-state index is 0.543. The van der Waals surface area contributed by atoms with Crippen LogP contribution in [0.15, 0.2) is 167 Å². The van der Waals surface area contributed by atoms with Crippen molar-refractivity contribution in [2.24, 2.45) is 0 Å². The Morgan fingerprint density at radius 2 is 1.18 bits per heavy atom. The molecular formula is C47H30N6O2. The van der Waals surface area contributed by atoms with Gasteiger partial charge in [0.05, 0.1) is 11.0 Å². The number of hydrogen-bond acceptors (Lipinski definition) is 7. The monoisotopic (exact) mass is 710 g/mol. The van der Waals surface area contributed by atoms with Crippen LogP contribution in [0.1, 0.15) is 18.7 Å². The van der Waals surface area contributed by atoms with E-state index in [9.17, 15) is 0 Å². The summed E-state index contributed by atoms with van der Waals surface area (Å²) in [5, 5.41) is 2.24. The highest BCUT2D eigenvalue weighted by molar-refractivity contribution is 6.10. The molecule has 8 heteroatoms. The second-order valence-corrected chi connectivity index (χ2v) is 13.6. The first-order valence-electron chi connectivity index (χ1n) is 18.3. The highest BCUT2D eigenvalue weighted by Gasteiger charge is 2.19. The lowest BCUT2D eigenvalue weighted by Gasteiger charge is -2.10. The average Bonchev–Trinajstić information content (AvgIpc) is 3.97. The first kappa shape index (κ1) is 31.1. The molecule has 0 saturated heterocycles. The van der Waals surface area contributed by atoms with E-state index in [2.05, 4.69) is 71.3 Å². The lowest BCUT2D eigenvalue weighted by Crippen LogP contribution is -2.03. The van der Waals surface area contributed by atoms with Gasteiger partial charge in [0.25, 0.3) is 0 Å². The number of oxazole rings is 2. The number of fused-ring (bicyclic) bond motifs is 5. The molecule has 55 heavy (non-hydrogen) atoms. The summed E-state index contributed by atoms with van der Waals surface area (Å²) in [6, 6.07) is 47.6. The summed E-state index contributed by atoms with van der Waals surface area (Å²) in [4.78, 5) is 24.4. The lowest BCUT2D eigenvalue weighted by atomic mass is 10.0. The molecule has 6 aromatic carbocycles. The van der Waals surface area contributed by atoms with E-state index >= 15 is 0 Å². The highest BCUT2D eigenvalue weighted by atomic mass is 16.4. The Balaban J connectivity index is 0.962. The van der Waals surface area contributed by atoms with E-state index in [1.807, 2.05) is 91.0 Å². The Bertz CT molecular complexity index is 3140. The molecular weight excluding hydrogens is 681 g/mol. The predicted octanol–water partition coefficient (Wildman–Crippen LogP) is 11.7. The van der Waals surface area contributed by atoms with Crippen LogP contribution in [-0.2, 0) is 0 Å². The van der Waals surface area contributed by atoms with Crippen molar-refractivity contribution in [1.82, 2.24) is 29.5 Å². The summed E-state index contributed by atoms with van der Waals surface area (Å²) in [5.74, 6) is 2.41. The van der Waals surface area contributed by atoms with Gasteiger partial charge in [-0.1, -0.05) is 97.1 Å².